The molecule has 0 N–H and O–H groups in total. The third kappa shape index (κ3) is 1.79. The number of nitrogens with zero attached hydrogens (tertiary/aromatic N) is 1. The van der Waals surface area contributed by atoms with Gasteiger partial charge in [0.05, 0.1) is 5.69 Å². The Morgan fingerprint density at radius 2 is 2.43 bits per heavy atom. The van der Waals surface area contributed by atoms with E-state index in [0.29, 0.717) is 0 Å². The first-order valence-corrected chi connectivity index (χ1v) is 6.17. The number of amides is 1. The zero-order chi connectivity index (χ0) is 9.97. The average molecular weight is 230 g/mol. The van der Waals surface area contributed by atoms with E-state index < -0.39 is 0 Å². The summed E-state index contributed by atoms with van der Waals surface area (Å²) in [6, 6.07) is 2.02. The quantitative estimate of drug-likeness (QED) is 0.678. The number of hydrogen-bond donors (Lipinski definition) is 0. The highest BCUT2D eigenvalue weighted by molar-refractivity contribution is 7.10. The van der Waals surface area contributed by atoms with Gasteiger partial charge in [0, 0.05) is 11.4 Å². The van der Waals surface area contributed by atoms with Crippen LogP contribution in [-0.2, 0) is 11.2 Å². The molecule has 1 aromatic rings. The summed E-state index contributed by atoms with van der Waals surface area (Å²) in [5.74, 6) is 0.100. The zero-order valence-electron chi connectivity index (χ0n) is 7.83. The molecule has 0 saturated heterocycles. The predicted molar refractivity (Wildman–Crippen MR) is 60.3 cm³/mol. The molecule has 14 heavy (non-hydrogen) atoms. The Morgan fingerprint density at radius 1 is 1.57 bits per heavy atom. The van der Waals surface area contributed by atoms with Crippen LogP contribution < -0.4 is 4.90 Å². The highest BCUT2D eigenvalue weighted by Crippen LogP contribution is 2.30. The number of aryl methyl sites for hydroxylation is 1. The van der Waals surface area contributed by atoms with Gasteiger partial charge in [-0.15, -0.1) is 22.9 Å². The van der Waals surface area contributed by atoms with E-state index in [4.69, 9.17) is 11.6 Å². The summed E-state index contributed by atoms with van der Waals surface area (Å²) < 4.78 is 0. The van der Waals surface area contributed by atoms with Gasteiger partial charge in [-0.05, 0) is 30.7 Å². The number of anilines is 1. The van der Waals surface area contributed by atoms with Gasteiger partial charge in [-0.1, -0.05) is 0 Å². The summed E-state index contributed by atoms with van der Waals surface area (Å²) in [6.45, 7) is 0.815. The van der Waals surface area contributed by atoms with Gasteiger partial charge in [0.2, 0.25) is 5.91 Å². The maximum absolute atomic E-state index is 11.6. The second-order valence-corrected chi connectivity index (χ2v) is 4.63. The average Bonchev–Trinajstić information content (AvgIpc) is 2.57. The molecule has 2 nitrogen and oxygen atoms in total. The molecule has 2 heterocycles. The lowest BCUT2D eigenvalue weighted by Gasteiger charge is -2.19. The molecule has 0 aromatic carbocycles. The summed E-state index contributed by atoms with van der Waals surface area (Å²) in [4.78, 5) is 14.7. The fourth-order valence-electron chi connectivity index (χ4n) is 1.77. The number of fused-ring (bicyclic) bond motifs is 1. The monoisotopic (exact) mass is 229 g/mol. The predicted octanol–water partition coefficient (Wildman–Crippen LogP) is 2.66. The molecular weight excluding hydrogens is 218 g/mol. The van der Waals surface area contributed by atoms with Gasteiger partial charge < -0.3 is 4.90 Å². The zero-order valence-corrected chi connectivity index (χ0v) is 9.40. The number of rotatable bonds is 1. The molecule has 0 fully saturated rings. The molecular formula is C10H12ClNOS. The summed E-state index contributed by atoms with van der Waals surface area (Å²) in [5, 5.41) is 2.05. The van der Waals surface area contributed by atoms with Crippen LogP contribution in [0.4, 0.5) is 5.69 Å². The van der Waals surface area contributed by atoms with E-state index in [2.05, 4.69) is 0 Å². The van der Waals surface area contributed by atoms with Crippen molar-refractivity contribution in [2.45, 2.75) is 19.3 Å². The van der Waals surface area contributed by atoms with Crippen molar-refractivity contribution in [2.75, 3.05) is 17.3 Å². The van der Waals surface area contributed by atoms with Gasteiger partial charge in [0.1, 0.15) is 5.88 Å². The first-order valence-electron chi connectivity index (χ1n) is 4.75. The van der Waals surface area contributed by atoms with Crippen LogP contribution in [0.1, 0.15) is 17.7 Å². The summed E-state index contributed by atoms with van der Waals surface area (Å²) in [6.07, 6.45) is 3.34. The third-order valence-corrected chi connectivity index (χ3v) is 3.66. The van der Waals surface area contributed by atoms with E-state index in [1.807, 2.05) is 16.3 Å². The van der Waals surface area contributed by atoms with Crippen LogP contribution in [0.25, 0.3) is 0 Å². The van der Waals surface area contributed by atoms with Gasteiger partial charge in [-0.3, -0.25) is 4.79 Å². The van der Waals surface area contributed by atoms with E-state index >= 15 is 0 Å². The molecule has 2 rings (SSSR count). The smallest absolute Gasteiger partial charge is 0.241 e. The number of alkyl halides is 1. The largest absolute Gasteiger partial charge is 0.310 e. The van der Waals surface area contributed by atoms with Crippen molar-refractivity contribution < 1.29 is 4.79 Å². The van der Waals surface area contributed by atoms with Crippen LogP contribution in [0.3, 0.4) is 0 Å². The summed E-state index contributed by atoms with van der Waals surface area (Å²) in [5.41, 5.74) is 1.08. The molecule has 1 amide bonds. The lowest BCUT2D eigenvalue weighted by molar-refractivity contribution is -0.116. The fraction of sp³-hybridized carbons (Fsp3) is 0.500. The van der Waals surface area contributed by atoms with Crippen molar-refractivity contribution in [1.82, 2.24) is 0 Å². The summed E-state index contributed by atoms with van der Waals surface area (Å²) in [7, 11) is 0. The Labute approximate surface area is 92.5 Å². The van der Waals surface area contributed by atoms with Crippen molar-refractivity contribution in [1.29, 1.82) is 0 Å². The lowest BCUT2D eigenvalue weighted by atomic mass is 10.2. The van der Waals surface area contributed by atoms with Crippen molar-refractivity contribution in [3.8, 4) is 0 Å². The Morgan fingerprint density at radius 3 is 3.21 bits per heavy atom. The first kappa shape index (κ1) is 9.99. The molecule has 0 saturated carbocycles. The van der Waals surface area contributed by atoms with E-state index in [0.717, 1.165) is 25.1 Å². The first-order chi connectivity index (χ1) is 6.83. The van der Waals surface area contributed by atoms with Gasteiger partial charge in [0.15, 0.2) is 0 Å². The van der Waals surface area contributed by atoms with Gasteiger partial charge in [0.25, 0.3) is 0 Å². The van der Waals surface area contributed by atoms with Gasteiger partial charge >= 0.3 is 0 Å². The minimum absolute atomic E-state index is 0.0215. The van der Waals surface area contributed by atoms with Crippen molar-refractivity contribution in [3.63, 3.8) is 0 Å². The van der Waals surface area contributed by atoms with Crippen LogP contribution in [0.2, 0.25) is 0 Å². The van der Waals surface area contributed by atoms with Crippen LogP contribution in [0.15, 0.2) is 11.4 Å². The van der Waals surface area contributed by atoms with E-state index in [1.54, 1.807) is 11.3 Å². The minimum atomic E-state index is 0.0215. The highest BCUT2D eigenvalue weighted by Gasteiger charge is 2.20. The van der Waals surface area contributed by atoms with Crippen LogP contribution in [-0.4, -0.2) is 18.3 Å². The van der Waals surface area contributed by atoms with Crippen LogP contribution in [0, 0.1) is 0 Å². The van der Waals surface area contributed by atoms with Crippen molar-refractivity contribution in [3.05, 3.63) is 16.3 Å². The number of carbonyl (C=O) groups excluding carboxylic acids is 1. The van der Waals surface area contributed by atoms with E-state index in [9.17, 15) is 4.79 Å². The van der Waals surface area contributed by atoms with Gasteiger partial charge in [-0.25, -0.2) is 0 Å². The molecule has 76 valence electrons. The number of halogens is 1. The Balaban J connectivity index is 2.30. The Hall–Kier alpha value is -0.540. The minimum Gasteiger partial charge on any atom is -0.310 e. The Bertz CT molecular complexity index is 337. The molecule has 0 atom stereocenters. The molecule has 0 bridgehead atoms. The highest BCUT2D eigenvalue weighted by atomic mass is 35.5. The molecule has 0 radical (unpaired) electrons. The fourth-order valence-corrected chi connectivity index (χ4v) is 2.84. The van der Waals surface area contributed by atoms with Crippen molar-refractivity contribution in [2.24, 2.45) is 0 Å². The normalized spacial score (nSPS) is 16.2. The Kier molecular flexibility index (Phi) is 3.08. The molecule has 0 aliphatic carbocycles. The lowest BCUT2D eigenvalue weighted by Crippen LogP contribution is -2.32. The second-order valence-electron chi connectivity index (χ2n) is 3.37. The number of carbonyl (C=O) groups is 1. The SMILES string of the molecule is O=C(CCl)N1CCCCc2sccc21. The summed E-state index contributed by atoms with van der Waals surface area (Å²) >= 11 is 7.32. The molecule has 4 heteroatoms. The molecule has 0 unspecified atom stereocenters. The molecule has 0 spiro atoms. The van der Waals surface area contributed by atoms with Gasteiger partial charge in [-0.2, -0.15) is 0 Å². The second kappa shape index (κ2) is 4.32. The maximum atomic E-state index is 11.6. The maximum Gasteiger partial charge on any atom is 0.241 e. The standard InChI is InChI=1S/C10H12ClNOS/c11-7-10(13)12-5-2-1-3-9-8(12)4-6-14-9/h4,6H,1-3,5,7H2. The van der Waals surface area contributed by atoms with E-state index in [-0.39, 0.29) is 11.8 Å². The van der Waals surface area contributed by atoms with Crippen LogP contribution >= 0.6 is 22.9 Å². The molecule has 1 aliphatic rings. The topological polar surface area (TPSA) is 20.3 Å². The van der Waals surface area contributed by atoms with Crippen LogP contribution in [0.5, 0.6) is 0 Å². The number of thiophene rings is 1. The molecule has 1 aromatic heterocycles. The van der Waals surface area contributed by atoms with E-state index in [1.165, 1.54) is 11.3 Å². The van der Waals surface area contributed by atoms with Crippen molar-refractivity contribution >= 4 is 34.5 Å². The molecule has 1 aliphatic heterocycles. The number of hydrogen-bond acceptors (Lipinski definition) is 2. The third-order valence-electron chi connectivity index (χ3n) is 2.46.